The summed E-state index contributed by atoms with van der Waals surface area (Å²) < 4.78 is 11.7. The SMILES string of the molecule is COC(=O)C1C(c2cncn2C)OC(=O)[C@H]1C. The molecule has 2 rings (SSSR count). The second-order valence-electron chi connectivity index (χ2n) is 4.12. The molecule has 92 valence electrons. The Morgan fingerprint density at radius 2 is 2.29 bits per heavy atom. The van der Waals surface area contributed by atoms with Gasteiger partial charge in [-0.15, -0.1) is 0 Å². The van der Waals surface area contributed by atoms with Gasteiger partial charge in [0.15, 0.2) is 6.10 Å². The van der Waals surface area contributed by atoms with E-state index in [0.29, 0.717) is 5.69 Å². The van der Waals surface area contributed by atoms with E-state index in [1.54, 1.807) is 31.1 Å². The number of aryl methyl sites for hydroxylation is 1. The molecule has 2 heterocycles. The second kappa shape index (κ2) is 4.20. The fourth-order valence-corrected chi connectivity index (χ4v) is 2.06. The summed E-state index contributed by atoms with van der Waals surface area (Å²) >= 11 is 0. The maximum Gasteiger partial charge on any atom is 0.313 e. The molecule has 3 atom stereocenters. The minimum atomic E-state index is -0.613. The predicted molar refractivity (Wildman–Crippen MR) is 56.7 cm³/mol. The number of nitrogens with zero attached hydrogens (tertiary/aromatic N) is 2. The summed E-state index contributed by atoms with van der Waals surface area (Å²) in [6.45, 7) is 1.67. The monoisotopic (exact) mass is 238 g/mol. The predicted octanol–water partition coefficient (Wildman–Crippen LogP) is 0.443. The highest BCUT2D eigenvalue weighted by molar-refractivity contribution is 5.85. The molecule has 0 amide bonds. The first-order chi connectivity index (χ1) is 8.06. The van der Waals surface area contributed by atoms with Crippen LogP contribution in [0.15, 0.2) is 12.5 Å². The van der Waals surface area contributed by atoms with E-state index in [-0.39, 0.29) is 5.97 Å². The van der Waals surface area contributed by atoms with Gasteiger partial charge >= 0.3 is 11.9 Å². The molecule has 1 saturated heterocycles. The Labute approximate surface area is 98.5 Å². The molecule has 0 saturated carbocycles. The number of ether oxygens (including phenoxy) is 2. The first-order valence-electron chi connectivity index (χ1n) is 5.30. The molecule has 0 bridgehead atoms. The summed E-state index contributed by atoms with van der Waals surface area (Å²) in [6, 6.07) is 0. The number of esters is 2. The van der Waals surface area contributed by atoms with Crippen LogP contribution in [-0.4, -0.2) is 28.6 Å². The van der Waals surface area contributed by atoms with E-state index in [2.05, 4.69) is 4.98 Å². The number of rotatable bonds is 2. The Kier molecular flexibility index (Phi) is 2.87. The third kappa shape index (κ3) is 1.79. The van der Waals surface area contributed by atoms with Crippen LogP contribution in [0.25, 0.3) is 0 Å². The van der Waals surface area contributed by atoms with Gasteiger partial charge in [0.1, 0.15) is 5.92 Å². The summed E-state index contributed by atoms with van der Waals surface area (Å²) in [7, 11) is 3.09. The number of imidazole rings is 1. The van der Waals surface area contributed by atoms with E-state index in [9.17, 15) is 9.59 Å². The maximum atomic E-state index is 11.7. The molecule has 1 fully saturated rings. The van der Waals surface area contributed by atoms with Gasteiger partial charge in [-0.3, -0.25) is 9.59 Å². The number of carbonyl (C=O) groups is 2. The van der Waals surface area contributed by atoms with Crippen LogP contribution in [-0.2, 0) is 26.1 Å². The van der Waals surface area contributed by atoms with Gasteiger partial charge in [-0.1, -0.05) is 6.92 Å². The third-order valence-corrected chi connectivity index (χ3v) is 3.10. The first-order valence-corrected chi connectivity index (χ1v) is 5.30. The minimum absolute atomic E-state index is 0.383. The zero-order valence-corrected chi connectivity index (χ0v) is 9.91. The summed E-state index contributed by atoms with van der Waals surface area (Å²) in [4.78, 5) is 27.2. The van der Waals surface area contributed by atoms with Crippen molar-refractivity contribution in [3.05, 3.63) is 18.2 Å². The molecule has 2 unspecified atom stereocenters. The molecule has 17 heavy (non-hydrogen) atoms. The fourth-order valence-electron chi connectivity index (χ4n) is 2.06. The number of hydrogen-bond donors (Lipinski definition) is 0. The molecule has 0 aliphatic carbocycles. The van der Waals surface area contributed by atoms with Crippen LogP contribution < -0.4 is 0 Å². The van der Waals surface area contributed by atoms with Crippen molar-refractivity contribution in [3.63, 3.8) is 0 Å². The maximum absolute atomic E-state index is 11.7. The Bertz CT molecular complexity index is 454. The fraction of sp³-hybridized carbons (Fsp3) is 0.545. The summed E-state index contributed by atoms with van der Waals surface area (Å²) in [5, 5.41) is 0. The molecule has 6 heteroatoms. The van der Waals surface area contributed by atoms with E-state index in [1.807, 2.05) is 0 Å². The Morgan fingerprint density at radius 1 is 1.59 bits per heavy atom. The van der Waals surface area contributed by atoms with Crippen LogP contribution >= 0.6 is 0 Å². The van der Waals surface area contributed by atoms with Crippen molar-refractivity contribution in [2.24, 2.45) is 18.9 Å². The Morgan fingerprint density at radius 3 is 2.82 bits per heavy atom. The van der Waals surface area contributed by atoms with E-state index in [1.165, 1.54) is 7.11 Å². The molecule has 0 aromatic carbocycles. The summed E-state index contributed by atoms with van der Waals surface area (Å²) in [5.74, 6) is -1.92. The van der Waals surface area contributed by atoms with E-state index in [0.717, 1.165) is 0 Å². The van der Waals surface area contributed by atoms with Gasteiger partial charge < -0.3 is 14.0 Å². The lowest BCUT2D eigenvalue weighted by Crippen LogP contribution is -2.26. The second-order valence-corrected chi connectivity index (χ2v) is 4.12. The van der Waals surface area contributed by atoms with Gasteiger partial charge in [0.2, 0.25) is 0 Å². The Balaban J connectivity index is 2.36. The van der Waals surface area contributed by atoms with Crippen LogP contribution in [0.1, 0.15) is 18.7 Å². The first kappa shape index (κ1) is 11.6. The van der Waals surface area contributed by atoms with Gasteiger partial charge in [0.25, 0.3) is 0 Å². The van der Waals surface area contributed by atoms with E-state index >= 15 is 0 Å². The molecule has 0 N–H and O–H groups in total. The van der Waals surface area contributed by atoms with Crippen molar-refractivity contribution in [2.75, 3.05) is 7.11 Å². The van der Waals surface area contributed by atoms with Crippen LogP contribution in [0, 0.1) is 11.8 Å². The van der Waals surface area contributed by atoms with Gasteiger partial charge in [-0.05, 0) is 0 Å². The lowest BCUT2D eigenvalue weighted by Gasteiger charge is -2.17. The number of cyclic esters (lactones) is 1. The van der Waals surface area contributed by atoms with E-state index in [4.69, 9.17) is 9.47 Å². The van der Waals surface area contributed by atoms with Crippen LogP contribution in [0.4, 0.5) is 0 Å². The van der Waals surface area contributed by atoms with Crippen molar-refractivity contribution < 1.29 is 19.1 Å². The number of carbonyl (C=O) groups excluding carboxylic acids is 2. The topological polar surface area (TPSA) is 70.4 Å². The molecule has 1 aromatic heterocycles. The normalized spacial score (nSPS) is 27.9. The lowest BCUT2D eigenvalue weighted by atomic mass is 9.90. The highest BCUT2D eigenvalue weighted by Crippen LogP contribution is 2.39. The van der Waals surface area contributed by atoms with Crippen molar-refractivity contribution in [1.29, 1.82) is 0 Å². The molecule has 0 radical (unpaired) electrons. The van der Waals surface area contributed by atoms with Crippen molar-refractivity contribution in [2.45, 2.75) is 13.0 Å². The van der Waals surface area contributed by atoms with E-state index < -0.39 is 23.9 Å². The van der Waals surface area contributed by atoms with Crippen molar-refractivity contribution in [3.8, 4) is 0 Å². The molecule has 0 spiro atoms. The summed E-state index contributed by atoms with van der Waals surface area (Å²) in [5.41, 5.74) is 0.693. The van der Waals surface area contributed by atoms with Crippen LogP contribution in [0.2, 0.25) is 0 Å². The molecular weight excluding hydrogens is 224 g/mol. The van der Waals surface area contributed by atoms with Gasteiger partial charge in [-0.2, -0.15) is 0 Å². The van der Waals surface area contributed by atoms with Crippen molar-refractivity contribution in [1.82, 2.24) is 9.55 Å². The third-order valence-electron chi connectivity index (χ3n) is 3.10. The lowest BCUT2D eigenvalue weighted by molar-refractivity contribution is -0.148. The van der Waals surface area contributed by atoms with Crippen LogP contribution in [0.5, 0.6) is 0 Å². The standard InChI is InChI=1S/C11H14N2O4/c1-6-8(11(15)16-3)9(17-10(6)14)7-4-12-5-13(7)2/h4-6,8-9H,1-3H3/t6-,8?,9?/m0/s1. The van der Waals surface area contributed by atoms with Crippen molar-refractivity contribution >= 4 is 11.9 Å². The number of aromatic nitrogens is 2. The average Bonchev–Trinajstić information content (AvgIpc) is 2.84. The summed E-state index contributed by atoms with van der Waals surface area (Å²) in [6.07, 6.45) is 2.57. The molecule has 1 aliphatic heterocycles. The van der Waals surface area contributed by atoms with Gasteiger partial charge in [-0.25, -0.2) is 4.98 Å². The average molecular weight is 238 g/mol. The largest absolute Gasteiger partial charge is 0.469 e. The van der Waals surface area contributed by atoms with Gasteiger partial charge in [0, 0.05) is 7.05 Å². The minimum Gasteiger partial charge on any atom is -0.469 e. The molecule has 6 nitrogen and oxygen atoms in total. The molecular formula is C11H14N2O4. The number of hydrogen-bond acceptors (Lipinski definition) is 5. The highest BCUT2D eigenvalue weighted by atomic mass is 16.6. The highest BCUT2D eigenvalue weighted by Gasteiger charge is 2.48. The Hall–Kier alpha value is -1.85. The smallest absolute Gasteiger partial charge is 0.313 e. The van der Waals surface area contributed by atoms with Crippen LogP contribution in [0.3, 0.4) is 0 Å². The zero-order valence-electron chi connectivity index (χ0n) is 9.91. The van der Waals surface area contributed by atoms with Gasteiger partial charge in [0.05, 0.1) is 31.2 Å². The number of methoxy groups -OCH3 is 1. The molecule has 1 aromatic rings. The quantitative estimate of drug-likeness (QED) is 0.699. The molecule has 1 aliphatic rings. The zero-order chi connectivity index (χ0) is 12.6.